The van der Waals surface area contributed by atoms with Crippen molar-refractivity contribution in [3.63, 3.8) is 0 Å². The van der Waals surface area contributed by atoms with Crippen molar-refractivity contribution in [1.82, 2.24) is 4.98 Å². The van der Waals surface area contributed by atoms with Crippen molar-refractivity contribution < 1.29 is 9.64 Å². The first-order valence-electron chi connectivity index (χ1n) is 7.60. The second-order valence-electron chi connectivity index (χ2n) is 6.10. The number of hydrogen-bond acceptors (Lipinski definition) is 2. The molecule has 0 spiro atoms. The zero-order valence-corrected chi connectivity index (χ0v) is 13.0. The molecule has 2 aromatic rings. The summed E-state index contributed by atoms with van der Waals surface area (Å²) < 4.78 is 5.39. The summed E-state index contributed by atoms with van der Waals surface area (Å²) in [6.45, 7) is 10.4. The van der Waals surface area contributed by atoms with Crippen LogP contribution in [0.4, 0.5) is 0 Å². The molecule has 1 fully saturated rings. The molecular weight excluding hydrogens is 264 g/mol. The first kappa shape index (κ1) is 14.3. The molecule has 0 unspecified atom stereocenters. The van der Waals surface area contributed by atoms with E-state index in [4.69, 9.17) is 4.74 Å². The fourth-order valence-electron chi connectivity index (χ4n) is 3.21. The van der Waals surface area contributed by atoms with Gasteiger partial charge in [-0.25, -0.2) is 0 Å². The van der Waals surface area contributed by atoms with Crippen LogP contribution in [-0.2, 0) is 11.3 Å². The summed E-state index contributed by atoms with van der Waals surface area (Å²) in [5.41, 5.74) is 5.35. The third-order valence-corrected chi connectivity index (χ3v) is 4.39. The van der Waals surface area contributed by atoms with E-state index in [9.17, 15) is 4.79 Å². The Kier molecular flexibility index (Phi) is 3.83. The molecule has 0 radical (unpaired) electrons. The Balaban J connectivity index is 2.08. The number of rotatable bonds is 2. The summed E-state index contributed by atoms with van der Waals surface area (Å²) in [7, 11) is 0. The van der Waals surface area contributed by atoms with Crippen LogP contribution in [0.5, 0.6) is 0 Å². The van der Waals surface area contributed by atoms with Crippen LogP contribution < -0.4 is 10.3 Å². The molecule has 1 aliphatic heterocycles. The SMILES string of the molecule is Cc1cc(C)c2[nH]c(C)c(C[NH+]3CCOCC3)c(=O)c2c1. The van der Waals surface area contributed by atoms with Crippen molar-refractivity contribution in [3.8, 4) is 0 Å². The minimum atomic E-state index is 0.187. The van der Waals surface area contributed by atoms with Gasteiger partial charge in [0.25, 0.3) is 0 Å². The summed E-state index contributed by atoms with van der Waals surface area (Å²) in [5, 5.41) is 0.820. The third kappa shape index (κ3) is 2.74. The second-order valence-corrected chi connectivity index (χ2v) is 6.10. The van der Waals surface area contributed by atoms with Crippen LogP contribution in [0.2, 0.25) is 0 Å². The lowest BCUT2D eigenvalue weighted by molar-refractivity contribution is -0.921. The van der Waals surface area contributed by atoms with Crippen molar-refractivity contribution in [2.45, 2.75) is 27.3 Å². The molecule has 1 saturated heterocycles. The highest BCUT2D eigenvalue weighted by atomic mass is 16.5. The van der Waals surface area contributed by atoms with E-state index in [0.29, 0.717) is 0 Å². The summed E-state index contributed by atoms with van der Waals surface area (Å²) in [6.07, 6.45) is 0. The van der Waals surface area contributed by atoms with Gasteiger partial charge in [0, 0.05) is 11.1 Å². The van der Waals surface area contributed by atoms with Crippen molar-refractivity contribution in [2.75, 3.05) is 26.3 Å². The molecule has 1 aliphatic rings. The van der Waals surface area contributed by atoms with E-state index in [2.05, 4.69) is 18.0 Å². The molecule has 1 aromatic heterocycles. The molecule has 4 nitrogen and oxygen atoms in total. The topological polar surface area (TPSA) is 46.5 Å². The molecule has 21 heavy (non-hydrogen) atoms. The minimum Gasteiger partial charge on any atom is -0.370 e. The molecule has 3 rings (SSSR count). The van der Waals surface area contributed by atoms with Gasteiger partial charge in [-0.15, -0.1) is 0 Å². The van der Waals surface area contributed by atoms with Crippen LogP contribution in [-0.4, -0.2) is 31.3 Å². The summed E-state index contributed by atoms with van der Waals surface area (Å²) in [4.78, 5) is 17.7. The number of nitrogens with one attached hydrogen (secondary N) is 2. The number of aryl methyl sites for hydroxylation is 3. The van der Waals surface area contributed by atoms with E-state index in [1.165, 1.54) is 4.90 Å². The number of ether oxygens (including phenoxy) is 1. The van der Waals surface area contributed by atoms with Gasteiger partial charge in [-0.1, -0.05) is 6.07 Å². The molecule has 4 heteroatoms. The molecule has 0 saturated carbocycles. The van der Waals surface area contributed by atoms with Gasteiger partial charge in [-0.3, -0.25) is 4.79 Å². The number of hydrogen-bond donors (Lipinski definition) is 2. The van der Waals surface area contributed by atoms with Crippen LogP contribution >= 0.6 is 0 Å². The van der Waals surface area contributed by atoms with E-state index in [1.807, 2.05) is 19.9 Å². The normalized spacial score (nSPS) is 16.5. The Hall–Kier alpha value is -1.65. The minimum absolute atomic E-state index is 0.187. The lowest BCUT2D eigenvalue weighted by atomic mass is 10.0. The van der Waals surface area contributed by atoms with Gasteiger partial charge in [-0.2, -0.15) is 0 Å². The monoisotopic (exact) mass is 287 g/mol. The fraction of sp³-hybridized carbons (Fsp3) is 0.471. The highest BCUT2D eigenvalue weighted by Crippen LogP contribution is 2.17. The van der Waals surface area contributed by atoms with Crippen LogP contribution in [0.15, 0.2) is 16.9 Å². The summed E-state index contributed by atoms with van der Waals surface area (Å²) in [5.74, 6) is 0. The van der Waals surface area contributed by atoms with E-state index in [1.54, 1.807) is 0 Å². The molecule has 0 aliphatic carbocycles. The van der Waals surface area contributed by atoms with E-state index in [0.717, 1.165) is 66.1 Å². The number of morpholine rings is 1. The molecule has 112 valence electrons. The van der Waals surface area contributed by atoms with Gasteiger partial charge in [0.1, 0.15) is 19.6 Å². The molecular formula is C17H23N2O2+. The van der Waals surface area contributed by atoms with Gasteiger partial charge in [0.2, 0.25) is 0 Å². The molecule has 2 heterocycles. The zero-order valence-electron chi connectivity index (χ0n) is 13.0. The van der Waals surface area contributed by atoms with Gasteiger partial charge in [0.05, 0.1) is 24.3 Å². The number of fused-ring (bicyclic) bond motifs is 1. The average molecular weight is 287 g/mol. The number of pyridine rings is 1. The Morgan fingerprint density at radius 2 is 1.90 bits per heavy atom. The number of quaternary nitrogens is 1. The van der Waals surface area contributed by atoms with Gasteiger partial charge >= 0.3 is 0 Å². The van der Waals surface area contributed by atoms with Gasteiger partial charge in [-0.05, 0) is 38.0 Å². The van der Waals surface area contributed by atoms with Crippen LogP contribution in [0, 0.1) is 20.8 Å². The number of benzene rings is 1. The highest BCUT2D eigenvalue weighted by Gasteiger charge is 2.19. The third-order valence-electron chi connectivity index (χ3n) is 4.39. The maximum atomic E-state index is 12.9. The zero-order chi connectivity index (χ0) is 15.0. The van der Waals surface area contributed by atoms with E-state index >= 15 is 0 Å². The summed E-state index contributed by atoms with van der Waals surface area (Å²) >= 11 is 0. The lowest BCUT2D eigenvalue weighted by Gasteiger charge is -2.24. The predicted molar refractivity (Wildman–Crippen MR) is 84.0 cm³/mol. The Labute approximate surface area is 124 Å². The van der Waals surface area contributed by atoms with E-state index < -0.39 is 0 Å². The van der Waals surface area contributed by atoms with Crippen LogP contribution in [0.3, 0.4) is 0 Å². The maximum Gasteiger partial charge on any atom is 0.198 e. The standard InChI is InChI=1S/C17H22N2O2/c1-11-8-12(2)16-14(9-11)17(20)15(13(3)18-16)10-19-4-6-21-7-5-19/h8-9H,4-7,10H2,1-3H3,(H,18,20)/p+1. The molecule has 2 N–H and O–H groups in total. The Morgan fingerprint density at radius 3 is 2.62 bits per heavy atom. The number of H-pyrrole nitrogens is 1. The molecule has 0 atom stereocenters. The molecule has 0 amide bonds. The summed E-state index contributed by atoms with van der Waals surface area (Å²) in [6, 6.07) is 4.11. The quantitative estimate of drug-likeness (QED) is 0.861. The van der Waals surface area contributed by atoms with E-state index in [-0.39, 0.29) is 5.43 Å². The van der Waals surface area contributed by atoms with Gasteiger partial charge in [0.15, 0.2) is 5.43 Å². The number of aromatic amines is 1. The van der Waals surface area contributed by atoms with Crippen molar-refractivity contribution in [2.24, 2.45) is 0 Å². The van der Waals surface area contributed by atoms with Gasteiger partial charge < -0.3 is 14.6 Å². The predicted octanol–water partition coefficient (Wildman–Crippen LogP) is 0.868. The second kappa shape index (κ2) is 5.62. The highest BCUT2D eigenvalue weighted by molar-refractivity contribution is 5.83. The molecule has 1 aromatic carbocycles. The first-order valence-corrected chi connectivity index (χ1v) is 7.60. The van der Waals surface area contributed by atoms with Crippen molar-refractivity contribution >= 4 is 10.9 Å². The maximum absolute atomic E-state index is 12.9. The Bertz CT molecular complexity index is 728. The largest absolute Gasteiger partial charge is 0.370 e. The van der Waals surface area contributed by atoms with Crippen molar-refractivity contribution in [3.05, 3.63) is 44.7 Å². The first-order chi connectivity index (χ1) is 10.1. The smallest absolute Gasteiger partial charge is 0.198 e. The fourth-order valence-corrected chi connectivity index (χ4v) is 3.21. The van der Waals surface area contributed by atoms with Crippen LogP contribution in [0.1, 0.15) is 22.4 Å². The number of aromatic nitrogens is 1. The van der Waals surface area contributed by atoms with Crippen LogP contribution in [0.25, 0.3) is 10.9 Å². The lowest BCUT2D eigenvalue weighted by Crippen LogP contribution is -3.13. The van der Waals surface area contributed by atoms with Crippen molar-refractivity contribution in [1.29, 1.82) is 0 Å². The molecule has 0 bridgehead atoms. The Morgan fingerprint density at radius 1 is 1.19 bits per heavy atom. The average Bonchev–Trinajstić information content (AvgIpc) is 2.46.